The van der Waals surface area contributed by atoms with Crippen molar-refractivity contribution in [2.75, 3.05) is 26.9 Å². The second-order valence-corrected chi connectivity index (χ2v) is 5.01. The molecule has 1 N–H and O–H groups in total. The molecule has 0 saturated carbocycles. The molecule has 2 heterocycles. The van der Waals surface area contributed by atoms with Gasteiger partial charge in [-0.05, 0) is 22.4 Å². The van der Waals surface area contributed by atoms with Crippen LogP contribution in [-0.2, 0) is 16.0 Å². The van der Waals surface area contributed by atoms with Gasteiger partial charge in [0.1, 0.15) is 0 Å². The van der Waals surface area contributed by atoms with Crippen LogP contribution in [0.25, 0.3) is 0 Å². The molecule has 1 aromatic heterocycles. The van der Waals surface area contributed by atoms with Crippen LogP contribution in [0.2, 0.25) is 0 Å². The molecule has 0 amide bonds. The Bertz CT molecular complexity index is 294. The van der Waals surface area contributed by atoms with Crippen LogP contribution in [0.4, 0.5) is 0 Å². The summed E-state index contributed by atoms with van der Waals surface area (Å²) in [7, 11) is 1.80. The second kappa shape index (κ2) is 5.77. The van der Waals surface area contributed by atoms with E-state index in [0.29, 0.717) is 0 Å². The molecule has 1 aromatic rings. The van der Waals surface area contributed by atoms with Gasteiger partial charge in [0.25, 0.3) is 0 Å². The summed E-state index contributed by atoms with van der Waals surface area (Å²) >= 11 is 1.74. The van der Waals surface area contributed by atoms with E-state index in [-0.39, 0.29) is 5.60 Å². The molecule has 0 atom stereocenters. The monoisotopic (exact) mass is 241 g/mol. The Balaban J connectivity index is 1.78. The van der Waals surface area contributed by atoms with Gasteiger partial charge in [-0.2, -0.15) is 11.3 Å². The number of rotatable bonds is 5. The van der Waals surface area contributed by atoms with Crippen molar-refractivity contribution >= 4 is 11.3 Å². The van der Waals surface area contributed by atoms with Crippen molar-refractivity contribution < 1.29 is 9.47 Å². The molecular weight excluding hydrogens is 222 g/mol. The van der Waals surface area contributed by atoms with E-state index in [1.54, 1.807) is 18.4 Å². The molecule has 0 radical (unpaired) electrons. The van der Waals surface area contributed by atoms with Crippen molar-refractivity contribution in [3.05, 3.63) is 22.4 Å². The van der Waals surface area contributed by atoms with Gasteiger partial charge < -0.3 is 14.8 Å². The zero-order valence-electron chi connectivity index (χ0n) is 9.70. The molecule has 4 heteroatoms. The summed E-state index contributed by atoms with van der Waals surface area (Å²) in [4.78, 5) is 0. The quantitative estimate of drug-likeness (QED) is 0.855. The molecule has 2 rings (SSSR count). The smallest absolute Gasteiger partial charge is 0.0846 e. The number of hydrogen-bond acceptors (Lipinski definition) is 4. The second-order valence-electron chi connectivity index (χ2n) is 4.23. The number of ether oxygens (including phenoxy) is 2. The van der Waals surface area contributed by atoms with Gasteiger partial charge in [0, 0.05) is 46.3 Å². The van der Waals surface area contributed by atoms with E-state index < -0.39 is 0 Å². The lowest BCUT2D eigenvalue weighted by atomic mass is 9.94. The highest BCUT2D eigenvalue weighted by Gasteiger charge is 2.31. The molecule has 90 valence electrons. The van der Waals surface area contributed by atoms with Gasteiger partial charge in [0.15, 0.2) is 0 Å². The highest BCUT2D eigenvalue weighted by atomic mass is 32.1. The van der Waals surface area contributed by atoms with Crippen LogP contribution in [0.5, 0.6) is 0 Å². The SMILES string of the molecule is COC1(CNCc2ccsc2)CCOCC1. The molecule has 0 aliphatic carbocycles. The molecule has 1 saturated heterocycles. The van der Waals surface area contributed by atoms with Crippen LogP contribution in [-0.4, -0.2) is 32.5 Å². The maximum absolute atomic E-state index is 5.66. The van der Waals surface area contributed by atoms with E-state index in [1.165, 1.54) is 5.56 Å². The molecule has 0 unspecified atom stereocenters. The van der Waals surface area contributed by atoms with Gasteiger partial charge in [-0.1, -0.05) is 0 Å². The fraction of sp³-hybridized carbons (Fsp3) is 0.667. The lowest BCUT2D eigenvalue weighted by Gasteiger charge is -2.36. The maximum atomic E-state index is 5.66. The van der Waals surface area contributed by atoms with Gasteiger partial charge in [0.05, 0.1) is 5.60 Å². The van der Waals surface area contributed by atoms with Crippen molar-refractivity contribution in [3.63, 3.8) is 0 Å². The molecular formula is C12H19NO2S. The van der Waals surface area contributed by atoms with Crippen molar-refractivity contribution in [1.82, 2.24) is 5.32 Å². The summed E-state index contributed by atoms with van der Waals surface area (Å²) in [5, 5.41) is 7.76. The summed E-state index contributed by atoms with van der Waals surface area (Å²) in [6, 6.07) is 2.15. The van der Waals surface area contributed by atoms with Crippen LogP contribution in [0.3, 0.4) is 0 Å². The summed E-state index contributed by atoms with van der Waals surface area (Å²) in [5.41, 5.74) is 1.33. The van der Waals surface area contributed by atoms with Crippen LogP contribution in [0, 0.1) is 0 Å². The van der Waals surface area contributed by atoms with Crippen LogP contribution in [0.15, 0.2) is 16.8 Å². The summed E-state index contributed by atoms with van der Waals surface area (Å²) in [5.74, 6) is 0. The minimum atomic E-state index is -0.0196. The van der Waals surface area contributed by atoms with Crippen LogP contribution in [0.1, 0.15) is 18.4 Å². The molecule has 0 aromatic carbocycles. The Hall–Kier alpha value is -0.420. The van der Waals surface area contributed by atoms with Crippen LogP contribution >= 0.6 is 11.3 Å². The lowest BCUT2D eigenvalue weighted by molar-refractivity contribution is -0.0877. The number of nitrogens with one attached hydrogen (secondary N) is 1. The molecule has 0 spiro atoms. The number of methoxy groups -OCH3 is 1. The highest BCUT2D eigenvalue weighted by Crippen LogP contribution is 2.23. The fourth-order valence-corrected chi connectivity index (χ4v) is 2.69. The van der Waals surface area contributed by atoms with Gasteiger partial charge in [0.2, 0.25) is 0 Å². The first-order chi connectivity index (χ1) is 7.85. The van der Waals surface area contributed by atoms with Crippen molar-refractivity contribution in [2.45, 2.75) is 25.0 Å². The molecule has 3 nitrogen and oxygen atoms in total. The van der Waals surface area contributed by atoms with Gasteiger partial charge >= 0.3 is 0 Å². The Labute approximate surface area is 101 Å². The van der Waals surface area contributed by atoms with E-state index in [1.807, 2.05) is 0 Å². The third-order valence-electron chi connectivity index (χ3n) is 3.19. The molecule has 1 aliphatic rings. The highest BCUT2D eigenvalue weighted by molar-refractivity contribution is 7.07. The first-order valence-electron chi connectivity index (χ1n) is 5.69. The van der Waals surface area contributed by atoms with E-state index >= 15 is 0 Å². The van der Waals surface area contributed by atoms with E-state index in [4.69, 9.17) is 9.47 Å². The Kier molecular flexibility index (Phi) is 4.35. The van der Waals surface area contributed by atoms with E-state index in [9.17, 15) is 0 Å². The van der Waals surface area contributed by atoms with E-state index in [0.717, 1.165) is 39.1 Å². The molecule has 16 heavy (non-hydrogen) atoms. The third kappa shape index (κ3) is 3.04. The third-order valence-corrected chi connectivity index (χ3v) is 3.93. The first-order valence-corrected chi connectivity index (χ1v) is 6.64. The standard InChI is InChI=1S/C12H19NO2S/c1-14-12(3-5-15-6-4-12)10-13-8-11-2-7-16-9-11/h2,7,9,13H,3-6,8,10H2,1H3. The van der Waals surface area contributed by atoms with Crippen molar-refractivity contribution in [3.8, 4) is 0 Å². The topological polar surface area (TPSA) is 30.5 Å². The minimum absolute atomic E-state index is 0.0196. The summed E-state index contributed by atoms with van der Waals surface area (Å²) in [6.45, 7) is 3.46. The zero-order chi connectivity index (χ0) is 11.3. The number of thiophene rings is 1. The summed E-state index contributed by atoms with van der Waals surface area (Å²) in [6.07, 6.45) is 1.97. The zero-order valence-corrected chi connectivity index (χ0v) is 10.5. The molecule has 1 aliphatic heterocycles. The van der Waals surface area contributed by atoms with E-state index in [2.05, 4.69) is 22.1 Å². The lowest BCUT2D eigenvalue weighted by Crippen LogP contribution is -2.46. The minimum Gasteiger partial charge on any atom is -0.381 e. The van der Waals surface area contributed by atoms with Gasteiger partial charge in [-0.25, -0.2) is 0 Å². The van der Waals surface area contributed by atoms with Crippen LogP contribution < -0.4 is 5.32 Å². The summed E-state index contributed by atoms with van der Waals surface area (Å²) < 4.78 is 11.0. The predicted molar refractivity (Wildman–Crippen MR) is 65.8 cm³/mol. The van der Waals surface area contributed by atoms with Gasteiger partial charge in [-0.15, -0.1) is 0 Å². The largest absolute Gasteiger partial charge is 0.381 e. The Morgan fingerprint density at radius 3 is 2.94 bits per heavy atom. The maximum Gasteiger partial charge on any atom is 0.0846 e. The Morgan fingerprint density at radius 1 is 1.50 bits per heavy atom. The van der Waals surface area contributed by atoms with Crippen molar-refractivity contribution in [2.24, 2.45) is 0 Å². The van der Waals surface area contributed by atoms with Gasteiger partial charge in [-0.3, -0.25) is 0 Å². The molecule has 0 bridgehead atoms. The average Bonchev–Trinajstić information content (AvgIpc) is 2.83. The number of hydrogen-bond donors (Lipinski definition) is 1. The average molecular weight is 241 g/mol. The normalized spacial score (nSPS) is 19.8. The molecule has 1 fully saturated rings. The Morgan fingerprint density at radius 2 is 2.31 bits per heavy atom. The first kappa shape index (κ1) is 12.0. The predicted octanol–water partition coefficient (Wildman–Crippen LogP) is 2.03. The fourth-order valence-electron chi connectivity index (χ4n) is 2.02. The van der Waals surface area contributed by atoms with Crippen molar-refractivity contribution in [1.29, 1.82) is 0 Å².